The molecule has 0 aromatic carbocycles. The molecule has 0 bridgehead atoms. The van der Waals surface area contributed by atoms with E-state index in [4.69, 9.17) is 11.5 Å². The van der Waals surface area contributed by atoms with Gasteiger partial charge in [-0.3, -0.25) is 4.79 Å². The fraction of sp³-hybridized carbons (Fsp3) is 0.714. The van der Waals surface area contributed by atoms with Gasteiger partial charge in [-0.1, -0.05) is 11.3 Å². The summed E-state index contributed by atoms with van der Waals surface area (Å²) in [7, 11) is 0. The third-order valence-electron chi connectivity index (χ3n) is 4.24. The van der Waals surface area contributed by atoms with Gasteiger partial charge in [0.1, 0.15) is 10.7 Å². The molecule has 2 heterocycles. The highest BCUT2D eigenvalue weighted by Crippen LogP contribution is 2.34. The van der Waals surface area contributed by atoms with Gasteiger partial charge in [-0.2, -0.15) is 0 Å². The quantitative estimate of drug-likeness (QED) is 0.874. The minimum Gasteiger partial charge on any atom is -0.382 e. The van der Waals surface area contributed by atoms with E-state index in [1.54, 1.807) is 0 Å². The fourth-order valence-corrected chi connectivity index (χ4v) is 3.78. The Kier molecular flexibility index (Phi) is 4.03. The summed E-state index contributed by atoms with van der Waals surface area (Å²) < 4.78 is 0. The maximum Gasteiger partial charge on any atom is 0.268 e. The van der Waals surface area contributed by atoms with Gasteiger partial charge in [0.25, 0.3) is 5.91 Å². The Hall–Kier alpha value is -1.34. The maximum absolute atomic E-state index is 12.6. The number of nitrogens with two attached hydrogens (primary N) is 2. The lowest BCUT2D eigenvalue weighted by Gasteiger charge is -2.29. The highest BCUT2D eigenvalue weighted by molar-refractivity contribution is 7.18. The number of nitrogen functional groups attached to an aromatic ring is 1. The average molecular weight is 309 g/mol. The maximum atomic E-state index is 12.6. The van der Waals surface area contributed by atoms with Gasteiger partial charge in [-0.15, -0.1) is 0 Å². The molecule has 0 atom stereocenters. The lowest BCUT2D eigenvalue weighted by atomic mass is 10.1. The second-order valence-electron chi connectivity index (χ2n) is 5.86. The van der Waals surface area contributed by atoms with E-state index in [0.29, 0.717) is 16.7 Å². The molecule has 2 aliphatic rings. The van der Waals surface area contributed by atoms with E-state index in [1.165, 1.54) is 11.3 Å². The minimum absolute atomic E-state index is 0.0370. The van der Waals surface area contributed by atoms with Crippen molar-refractivity contribution in [1.82, 2.24) is 9.88 Å². The molecule has 1 aliphatic carbocycles. The van der Waals surface area contributed by atoms with E-state index in [1.807, 2.05) is 11.8 Å². The van der Waals surface area contributed by atoms with Crippen LogP contribution in [0, 0.1) is 0 Å². The Morgan fingerprint density at radius 1 is 1.38 bits per heavy atom. The van der Waals surface area contributed by atoms with Gasteiger partial charge < -0.3 is 21.3 Å². The molecule has 21 heavy (non-hydrogen) atoms. The highest BCUT2D eigenvalue weighted by Gasteiger charge is 2.34. The Labute approximate surface area is 129 Å². The third-order valence-corrected chi connectivity index (χ3v) is 5.36. The molecule has 3 rings (SSSR count). The number of hydrogen-bond donors (Lipinski definition) is 2. The normalized spacial score (nSPS) is 19.8. The van der Waals surface area contributed by atoms with Gasteiger partial charge in [0.15, 0.2) is 5.13 Å². The average Bonchev–Trinajstić information content (AvgIpc) is 3.22. The molecule has 7 heteroatoms. The largest absolute Gasteiger partial charge is 0.382 e. The van der Waals surface area contributed by atoms with E-state index in [-0.39, 0.29) is 11.9 Å². The van der Waals surface area contributed by atoms with Crippen LogP contribution in [0.25, 0.3) is 0 Å². The topological polar surface area (TPSA) is 88.5 Å². The zero-order valence-electron chi connectivity index (χ0n) is 12.4. The van der Waals surface area contributed by atoms with Gasteiger partial charge in [-0.05, 0) is 32.6 Å². The van der Waals surface area contributed by atoms with Crippen LogP contribution in [0.5, 0.6) is 0 Å². The predicted octanol–water partition coefficient (Wildman–Crippen LogP) is 1.28. The van der Waals surface area contributed by atoms with Crippen molar-refractivity contribution >= 4 is 28.2 Å². The third kappa shape index (κ3) is 2.98. The number of hydrogen-bond acceptors (Lipinski definition) is 6. The van der Waals surface area contributed by atoms with Crippen molar-refractivity contribution < 1.29 is 4.79 Å². The first-order valence-corrected chi connectivity index (χ1v) is 8.49. The molecule has 4 N–H and O–H groups in total. The van der Waals surface area contributed by atoms with E-state index in [0.717, 1.165) is 50.4 Å². The lowest BCUT2D eigenvalue weighted by molar-refractivity contribution is 0.0758. The van der Waals surface area contributed by atoms with Crippen LogP contribution in [0.2, 0.25) is 0 Å². The first-order chi connectivity index (χ1) is 10.1. The van der Waals surface area contributed by atoms with Crippen LogP contribution in [-0.2, 0) is 0 Å². The summed E-state index contributed by atoms with van der Waals surface area (Å²) in [5.41, 5.74) is 11.9. The fourth-order valence-electron chi connectivity index (χ4n) is 2.78. The summed E-state index contributed by atoms with van der Waals surface area (Å²) in [6.07, 6.45) is 4.14. The highest BCUT2D eigenvalue weighted by atomic mass is 32.1. The standard InChI is InChI=1S/C14H23N5OS/c1-2-19(10-3-4-10)13(20)11-12(16)17-14(21-11)18-7-5-9(15)6-8-18/h9-10H,2-8,15-16H2,1H3. The van der Waals surface area contributed by atoms with Crippen molar-refractivity contribution in [3.05, 3.63) is 4.88 Å². The van der Waals surface area contributed by atoms with Crippen LogP contribution in [0.3, 0.4) is 0 Å². The number of amides is 1. The Bertz CT molecular complexity index is 519. The van der Waals surface area contributed by atoms with Crippen molar-refractivity contribution in [1.29, 1.82) is 0 Å². The summed E-state index contributed by atoms with van der Waals surface area (Å²) in [6.45, 7) is 4.53. The molecule has 116 valence electrons. The molecule has 0 unspecified atom stereocenters. The van der Waals surface area contributed by atoms with Crippen LogP contribution in [0.15, 0.2) is 0 Å². The molecule has 2 fully saturated rings. The first kappa shape index (κ1) is 14.6. The SMILES string of the molecule is CCN(C(=O)c1sc(N2CCC(N)CC2)nc1N)C1CC1. The van der Waals surface area contributed by atoms with Gasteiger partial charge in [0.05, 0.1) is 0 Å². The van der Waals surface area contributed by atoms with E-state index < -0.39 is 0 Å². The monoisotopic (exact) mass is 309 g/mol. The molecule has 1 aromatic rings. The zero-order chi connectivity index (χ0) is 15.0. The van der Waals surface area contributed by atoms with Crippen molar-refractivity contribution in [2.45, 2.75) is 44.7 Å². The number of carbonyl (C=O) groups excluding carboxylic acids is 1. The van der Waals surface area contributed by atoms with E-state index in [2.05, 4.69) is 9.88 Å². The Balaban J connectivity index is 1.76. The number of piperidine rings is 1. The molecule has 1 saturated heterocycles. The van der Waals surface area contributed by atoms with Crippen molar-refractivity contribution in [3.63, 3.8) is 0 Å². The second kappa shape index (κ2) is 5.81. The van der Waals surface area contributed by atoms with Crippen LogP contribution in [-0.4, -0.2) is 47.5 Å². The van der Waals surface area contributed by atoms with E-state index >= 15 is 0 Å². The van der Waals surface area contributed by atoms with Crippen LogP contribution < -0.4 is 16.4 Å². The molecule has 1 aliphatic heterocycles. The van der Waals surface area contributed by atoms with Crippen LogP contribution in [0.1, 0.15) is 42.3 Å². The summed E-state index contributed by atoms with van der Waals surface area (Å²) in [6, 6.07) is 0.686. The number of carbonyl (C=O) groups is 1. The first-order valence-electron chi connectivity index (χ1n) is 7.68. The van der Waals surface area contributed by atoms with Gasteiger partial charge in [-0.25, -0.2) is 4.98 Å². The number of rotatable bonds is 4. The molecule has 1 aromatic heterocycles. The lowest BCUT2D eigenvalue weighted by Crippen LogP contribution is -2.39. The van der Waals surface area contributed by atoms with Crippen molar-refractivity contribution in [2.75, 3.05) is 30.3 Å². The minimum atomic E-state index is 0.0370. The van der Waals surface area contributed by atoms with Gasteiger partial charge in [0.2, 0.25) is 0 Å². The second-order valence-corrected chi connectivity index (χ2v) is 6.84. The van der Waals surface area contributed by atoms with Crippen LogP contribution in [0.4, 0.5) is 10.9 Å². The number of thiazole rings is 1. The molecule has 0 spiro atoms. The predicted molar refractivity (Wildman–Crippen MR) is 85.7 cm³/mol. The van der Waals surface area contributed by atoms with Crippen molar-refractivity contribution in [2.24, 2.45) is 5.73 Å². The van der Waals surface area contributed by atoms with Gasteiger partial charge >= 0.3 is 0 Å². The van der Waals surface area contributed by atoms with Crippen molar-refractivity contribution in [3.8, 4) is 0 Å². The Morgan fingerprint density at radius 3 is 2.62 bits per heavy atom. The molecule has 1 saturated carbocycles. The zero-order valence-corrected chi connectivity index (χ0v) is 13.2. The molecule has 0 radical (unpaired) electrons. The smallest absolute Gasteiger partial charge is 0.268 e. The summed E-state index contributed by atoms with van der Waals surface area (Å²) in [4.78, 5) is 21.7. The summed E-state index contributed by atoms with van der Waals surface area (Å²) in [5.74, 6) is 0.406. The molecule has 1 amide bonds. The van der Waals surface area contributed by atoms with E-state index in [9.17, 15) is 4.79 Å². The number of nitrogens with zero attached hydrogens (tertiary/aromatic N) is 3. The Morgan fingerprint density at radius 2 is 2.05 bits per heavy atom. The summed E-state index contributed by atoms with van der Waals surface area (Å²) in [5, 5.41) is 0.856. The molecule has 6 nitrogen and oxygen atoms in total. The number of aromatic nitrogens is 1. The molecular weight excluding hydrogens is 286 g/mol. The molecular formula is C14H23N5OS. The summed E-state index contributed by atoms with van der Waals surface area (Å²) >= 11 is 1.42. The van der Waals surface area contributed by atoms with Crippen LogP contribution >= 0.6 is 11.3 Å². The number of anilines is 2. The van der Waals surface area contributed by atoms with Gasteiger partial charge in [0, 0.05) is 31.7 Å².